The number of aryl methyl sites for hydroxylation is 1. The number of benzene rings is 1. The lowest BCUT2D eigenvalue weighted by molar-refractivity contribution is 0.339. The molecule has 1 aliphatic heterocycles. The van der Waals surface area contributed by atoms with E-state index in [1.165, 1.54) is 25.7 Å². The number of hydrogen-bond donors (Lipinski definition) is 2. The zero-order valence-corrected chi connectivity index (χ0v) is 18.4. The van der Waals surface area contributed by atoms with E-state index in [1.54, 1.807) is 6.20 Å². The van der Waals surface area contributed by atoms with Gasteiger partial charge in [-0.15, -0.1) is 0 Å². The molecule has 8 heteroatoms. The Hall–Kier alpha value is -1.89. The van der Waals surface area contributed by atoms with Crippen molar-refractivity contribution in [3.8, 4) is 11.4 Å². The molecule has 6 nitrogen and oxygen atoms in total. The molecule has 0 atom stereocenters. The molecule has 0 radical (unpaired) electrons. The number of rotatable bonds is 7. The van der Waals surface area contributed by atoms with E-state index in [1.807, 2.05) is 18.2 Å². The fourth-order valence-corrected chi connectivity index (χ4v) is 4.72. The SMILES string of the molecule is Clc1cccc(Cl)c1-c1nc2cnc(NCC3CC3)nc2n1CCC1CCNCC1. The van der Waals surface area contributed by atoms with Crippen molar-refractivity contribution in [2.75, 3.05) is 25.0 Å². The molecule has 0 spiro atoms. The standard InChI is InChI=1S/C22H26Cl2N6/c23-16-2-1-3-17(24)19(16)21-28-18-13-27-22(26-12-15-4-5-15)29-20(18)30(21)11-8-14-6-9-25-10-7-14/h1-3,13-15,25H,4-12H2,(H,26,27,29). The summed E-state index contributed by atoms with van der Waals surface area (Å²) < 4.78 is 2.18. The first-order valence-electron chi connectivity index (χ1n) is 10.8. The summed E-state index contributed by atoms with van der Waals surface area (Å²) in [7, 11) is 0. The van der Waals surface area contributed by atoms with Gasteiger partial charge in [-0.3, -0.25) is 0 Å². The smallest absolute Gasteiger partial charge is 0.224 e. The van der Waals surface area contributed by atoms with E-state index in [-0.39, 0.29) is 0 Å². The number of imidazole rings is 1. The normalized spacial score (nSPS) is 17.5. The molecule has 2 aromatic heterocycles. The molecule has 3 heterocycles. The molecule has 158 valence electrons. The molecule has 2 aliphatic rings. The van der Waals surface area contributed by atoms with Crippen LogP contribution >= 0.6 is 23.2 Å². The van der Waals surface area contributed by atoms with Gasteiger partial charge in [-0.1, -0.05) is 29.3 Å². The molecule has 0 bridgehead atoms. The number of nitrogens with zero attached hydrogens (tertiary/aromatic N) is 4. The van der Waals surface area contributed by atoms with Crippen molar-refractivity contribution in [3.63, 3.8) is 0 Å². The summed E-state index contributed by atoms with van der Waals surface area (Å²) in [6.07, 6.45) is 7.87. The van der Waals surface area contributed by atoms with E-state index in [0.29, 0.717) is 21.9 Å². The van der Waals surface area contributed by atoms with Crippen LogP contribution in [0.4, 0.5) is 5.95 Å². The molecule has 3 aromatic rings. The third kappa shape index (κ3) is 4.27. The number of anilines is 1. The second-order valence-electron chi connectivity index (χ2n) is 8.39. The van der Waals surface area contributed by atoms with Crippen LogP contribution in [0.25, 0.3) is 22.6 Å². The molecule has 0 amide bonds. The molecule has 2 N–H and O–H groups in total. The minimum Gasteiger partial charge on any atom is -0.354 e. The largest absolute Gasteiger partial charge is 0.354 e. The van der Waals surface area contributed by atoms with E-state index < -0.39 is 0 Å². The molecule has 30 heavy (non-hydrogen) atoms. The molecule has 1 saturated carbocycles. The Morgan fingerprint density at radius 2 is 1.80 bits per heavy atom. The Kier molecular flexibility index (Phi) is 5.81. The van der Waals surface area contributed by atoms with Crippen LogP contribution in [0.15, 0.2) is 24.4 Å². The van der Waals surface area contributed by atoms with Crippen LogP contribution in [0.3, 0.4) is 0 Å². The Morgan fingerprint density at radius 1 is 1.03 bits per heavy atom. The second kappa shape index (κ2) is 8.69. The highest BCUT2D eigenvalue weighted by Crippen LogP contribution is 2.36. The topological polar surface area (TPSA) is 67.7 Å². The molecular weight excluding hydrogens is 419 g/mol. The van der Waals surface area contributed by atoms with Crippen LogP contribution in [0.1, 0.15) is 32.1 Å². The molecule has 1 saturated heterocycles. The van der Waals surface area contributed by atoms with Crippen molar-refractivity contribution >= 4 is 40.3 Å². The monoisotopic (exact) mass is 444 g/mol. The van der Waals surface area contributed by atoms with Crippen LogP contribution in [-0.4, -0.2) is 39.2 Å². The predicted molar refractivity (Wildman–Crippen MR) is 122 cm³/mol. The van der Waals surface area contributed by atoms with Gasteiger partial charge in [0.2, 0.25) is 5.95 Å². The molecule has 1 aliphatic carbocycles. The second-order valence-corrected chi connectivity index (χ2v) is 9.21. The first kappa shape index (κ1) is 20.0. The summed E-state index contributed by atoms with van der Waals surface area (Å²) in [5.41, 5.74) is 2.36. The maximum absolute atomic E-state index is 6.54. The number of halogens is 2. The fraction of sp³-hybridized carbons (Fsp3) is 0.500. The summed E-state index contributed by atoms with van der Waals surface area (Å²) in [5, 5.41) is 8.02. The average Bonchev–Trinajstić information content (AvgIpc) is 3.52. The van der Waals surface area contributed by atoms with Crippen molar-refractivity contribution in [1.29, 1.82) is 0 Å². The van der Waals surface area contributed by atoms with Crippen molar-refractivity contribution in [2.45, 2.75) is 38.6 Å². The maximum Gasteiger partial charge on any atom is 0.224 e. The molecular formula is C22H26Cl2N6. The summed E-state index contributed by atoms with van der Waals surface area (Å²) in [4.78, 5) is 14.1. The quantitative estimate of drug-likeness (QED) is 0.535. The lowest BCUT2D eigenvalue weighted by Gasteiger charge is -2.23. The highest BCUT2D eigenvalue weighted by atomic mass is 35.5. The fourth-order valence-electron chi connectivity index (χ4n) is 4.16. The highest BCUT2D eigenvalue weighted by Gasteiger charge is 2.23. The van der Waals surface area contributed by atoms with Gasteiger partial charge in [0.25, 0.3) is 0 Å². The van der Waals surface area contributed by atoms with E-state index in [2.05, 4.69) is 20.2 Å². The highest BCUT2D eigenvalue weighted by molar-refractivity contribution is 6.39. The Bertz CT molecular complexity index is 1020. The zero-order chi connectivity index (χ0) is 20.5. The van der Waals surface area contributed by atoms with Crippen LogP contribution in [0.2, 0.25) is 10.0 Å². The van der Waals surface area contributed by atoms with Crippen molar-refractivity contribution in [1.82, 2.24) is 24.8 Å². The third-order valence-electron chi connectivity index (χ3n) is 6.14. The first-order chi connectivity index (χ1) is 14.7. The molecule has 1 aromatic carbocycles. The van der Waals surface area contributed by atoms with Gasteiger partial charge in [0, 0.05) is 13.1 Å². The van der Waals surface area contributed by atoms with Gasteiger partial charge in [0.15, 0.2) is 5.65 Å². The van der Waals surface area contributed by atoms with Gasteiger partial charge in [-0.2, -0.15) is 4.98 Å². The van der Waals surface area contributed by atoms with E-state index in [0.717, 1.165) is 61.1 Å². The predicted octanol–water partition coefficient (Wildman–Crippen LogP) is 5.01. The maximum atomic E-state index is 6.54. The van der Waals surface area contributed by atoms with Crippen molar-refractivity contribution in [2.24, 2.45) is 11.8 Å². The van der Waals surface area contributed by atoms with E-state index >= 15 is 0 Å². The van der Waals surface area contributed by atoms with E-state index in [9.17, 15) is 0 Å². The molecule has 0 unspecified atom stereocenters. The number of piperidine rings is 1. The van der Waals surface area contributed by atoms with E-state index in [4.69, 9.17) is 33.2 Å². The summed E-state index contributed by atoms with van der Waals surface area (Å²) >= 11 is 13.1. The Labute approximate surface area is 186 Å². The molecule has 2 fully saturated rings. The van der Waals surface area contributed by atoms with Gasteiger partial charge in [-0.25, -0.2) is 9.97 Å². The third-order valence-corrected chi connectivity index (χ3v) is 6.77. The number of hydrogen-bond acceptors (Lipinski definition) is 5. The van der Waals surface area contributed by atoms with Gasteiger partial charge >= 0.3 is 0 Å². The van der Waals surface area contributed by atoms with Gasteiger partial charge in [0.1, 0.15) is 11.3 Å². The Morgan fingerprint density at radius 3 is 2.53 bits per heavy atom. The average molecular weight is 445 g/mol. The number of aromatic nitrogens is 4. The Balaban J connectivity index is 1.53. The molecule has 5 rings (SSSR count). The van der Waals surface area contributed by atoms with Crippen molar-refractivity contribution < 1.29 is 0 Å². The van der Waals surface area contributed by atoms with Crippen LogP contribution < -0.4 is 10.6 Å². The summed E-state index contributed by atoms with van der Waals surface area (Å²) in [6, 6.07) is 5.57. The lowest BCUT2D eigenvalue weighted by atomic mass is 9.95. The van der Waals surface area contributed by atoms with Crippen molar-refractivity contribution in [3.05, 3.63) is 34.4 Å². The van der Waals surface area contributed by atoms with Crippen LogP contribution in [0.5, 0.6) is 0 Å². The summed E-state index contributed by atoms with van der Waals surface area (Å²) in [5.74, 6) is 2.89. The van der Waals surface area contributed by atoms with Crippen LogP contribution in [0, 0.1) is 11.8 Å². The summed E-state index contributed by atoms with van der Waals surface area (Å²) in [6.45, 7) is 3.95. The lowest BCUT2D eigenvalue weighted by Crippen LogP contribution is -2.28. The zero-order valence-electron chi connectivity index (χ0n) is 16.9. The first-order valence-corrected chi connectivity index (χ1v) is 11.6. The number of nitrogens with one attached hydrogen (secondary N) is 2. The van der Waals surface area contributed by atoms with Gasteiger partial charge in [0.05, 0.1) is 21.8 Å². The minimum absolute atomic E-state index is 0.598. The number of fused-ring (bicyclic) bond motifs is 1. The van der Waals surface area contributed by atoms with Gasteiger partial charge in [-0.05, 0) is 69.2 Å². The van der Waals surface area contributed by atoms with Gasteiger partial charge < -0.3 is 15.2 Å². The minimum atomic E-state index is 0.598. The van der Waals surface area contributed by atoms with Crippen LogP contribution in [-0.2, 0) is 6.54 Å².